The zero-order valence-corrected chi connectivity index (χ0v) is 10.3. The van der Waals surface area contributed by atoms with Crippen molar-refractivity contribution in [3.63, 3.8) is 0 Å². The molecular formula is C12H16O3S. The number of aldehydes is 1. The summed E-state index contributed by atoms with van der Waals surface area (Å²) in [5.74, 6) is 0.186. The summed E-state index contributed by atoms with van der Waals surface area (Å²) in [5.41, 5.74) is 1.78. The van der Waals surface area contributed by atoms with Crippen molar-refractivity contribution in [1.82, 2.24) is 0 Å². The summed E-state index contributed by atoms with van der Waals surface area (Å²) in [7, 11) is -3.00. The van der Waals surface area contributed by atoms with Crippen molar-refractivity contribution in [2.45, 2.75) is 25.0 Å². The van der Waals surface area contributed by atoms with Gasteiger partial charge in [0.15, 0.2) is 9.84 Å². The molecule has 0 N–H and O–H groups in total. The SMILES string of the molecule is CC(CC=O)c1cccc(CS(C)(=O)=O)c1. The first-order valence-electron chi connectivity index (χ1n) is 5.12. The van der Waals surface area contributed by atoms with E-state index >= 15 is 0 Å². The van der Waals surface area contributed by atoms with Crippen LogP contribution in [0.15, 0.2) is 24.3 Å². The molecule has 0 bridgehead atoms. The maximum atomic E-state index is 11.2. The standard InChI is InChI=1S/C12H16O3S/c1-10(6-7-13)12-5-3-4-11(8-12)9-16(2,14)15/h3-5,7-8,10H,6,9H2,1-2H3. The van der Waals surface area contributed by atoms with Crippen LogP contribution in [0.3, 0.4) is 0 Å². The maximum Gasteiger partial charge on any atom is 0.151 e. The van der Waals surface area contributed by atoms with E-state index < -0.39 is 9.84 Å². The number of carbonyl (C=O) groups excluding carboxylic acids is 1. The second kappa shape index (κ2) is 5.25. The minimum Gasteiger partial charge on any atom is -0.303 e. The number of hydrogen-bond acceptors (Lipinski definition) is 3. The Morgan fingerprint density at radius 3 is 2.62 bits per heavy atom. The third-order valence-electron chi connectivity index (χ3n) is 2.40. The molecule has 1 rings (SSSR count). The van der Waals surface area contributed by atoms with Gasteiger partial charge < -0.3 is 4.79 Å². The Bertz CT molecular complexity index is 463. The van der Waals surface area contributed by atoms with Gasteiger partial charge >= 0.3 is 0 Å². The Morgan fingerprint density at radius 2 is 2.06 bits per heavy atom. The summed E-state index contributed by atoms with van der Waals surface area (Å²) < 4.78 is 22.3. The molecule has 88 valence electrons. The van der Waals surface area contributed by atoms with E-state index in [1.54, 1.807) is 6.07 Å². The predicted molar refractivity (Wildman–Crippen MR) is 64.1 cm³/mol. The minimum atomic E-state index is -3.00. The van der Waals surface area contributed by atoms with E-state index in [1.807, 2.05) is 25.1 Å². The average molecular weight is 240 g/mol. The van der Waals surface area contributed by atoms with Crippen molar-refractivity contribution in [1.29, 1.82) is 0 Å². The van der Waals surface area contributed by atoms with Gasteiger partial charge in [-0.25, -0.2) is 8.42 Å². The van der Waals surface area contributed by atoms with Gasteiger partial charge in [-0.1, -0.05) is 31.2 Å². The highest BCUT2D eigenvalue weighted by atomic mass is 32.2. The first-order chi connectivity index (χ1) is 7.42. The molecule has 0 saturated carbocycles. The normalized spacial score (nSPS) is 13.4. The van der Waals surface area contributed by atoms with E-state index in [0.29, 0.717) is 6.42 Å². The van der Waals surface area contributed by atoms with Gasteiger partial charge in [0.2, 0.25) is 0 Å². The van der Waals surface area contributed by atoms with E-state index in [4.69, 9.17) is 0 Å². The van der Waals surface area contributed by atoms with Gasteiger partial charge in [0.1, 0.15) is 6.29 Å². The highest BCUT2D eigenvalue weighted by molar-refractivity contribution is 7.89. The molecule has 0 spiro atoms. The van der Waals surface area contributed by atoms with Crippen molar-refractivity contribution >= 4 is 16.1 Å². The van der Waals surface area contributed by atoms with E-state index in [0.717, 1.165) is 17.4 Å². The van der Waals surface area contributed by atoms with Crippen LogP contribution in [0, 0.1) is 0 Å². The molecule has 0 amide bonds. The van der Waals surface area contributed by atoms with Crippen molar-refractivity contribution < 1.29 is 13.2 Å². The number of benzene rings is 1. The molecule has 0 aliphatic heterocycles. The lowest BCUT2D eigenvalue weighted by Crippen LogP contribution is -2.02. The molecule has 0 aliphatic carbocycles. The Morgan fingerprint density at radius 1 is 1.38 bits per heavy atom. The van der Waals surface area contributed by atoms with E-state index in [9.17, 15) is 13.2 Å². The first-order valence-corrected chi connectivity index (χ1v) is 7.18. The third kappa shape index (κ3) is 4.14. The van der Waals surface area contributed by atoms with Gasteiger partial charge in [-0.3, -0.25) is 0 Å². The lowest BCUT2D eigenvalue weighted by Gasteiger charge is -2.09. The van der Waals surface area contributed by atoms with Crippen molar-refractivity contribution in [2.24, 2.45) is 0 Å². The molecule has 1 atom stereocenters. The van der Waals surface area contributed by atoms with Gasteiger partial charge in [-0.05, 0) is 17.0 Å². The maximum absolute atomic E-state index is 11.2. The molecule has 16 heavy (non-hydrogen) atoms. The van der Waals surface area contributed by atoms with E-state index in [-0.39, 0.29) is 11.7 Å². The van der Waals surface area contributed by atoms with Gasteiger partial charge in [-0.2, -0.15) is 0 Å². The molecule has 0 aliphatic rings. The Balaban J connectivity index is 2.90. The van der Waals surface area contributed by atoms with Crippen LogP contribution in [0.1, 0.15) is 30.4 Å². The van der Waals surface area contributed by atoms with Gasteiger partial charge in [-0.15, -0.1) is 0 Å². The third-order valence-corrected chi connectivity index (χ3v) is 3.26. The fraction of sp³-hybridized carbons (Fsp3) is 0.417. The van der Waals surface area contributed by atoms with Crippen LogP contribution in [0.4, 0.5) is 0 Å². The molecule has 0 aromatic heterocycles. The van der Waals surface area contributed by atoms with Crippen LogP contribution in [-0.4, -0.2) is 21.0 Å². The van der Waals surface area contributed by atoms with E-state index in [2.05, 4.69) is 0 Å². The highest BCUT2D eigenvalue weighted by Crippen LogP contribution is 2.19. The second-order valence-corrected chi connectivity index (χ2v) is 6.26. The summed E-state index contributed by atoms with van der Waals surface area (Å²) in [6, 6.07) is 7.39. The smallest absolute Gasteiger partial charge is 0.151 e. The summed E-state index contributed by atoms with van der Waals surface area (Å²) in [6.07, 6.45) is 2.56. The van der Waals surface area contributed by atoms with Crippen LogP contribution in [0.2, 0.25) is 0 Å². The molecule has 0 radical (unpaired) electrons. The Hall–Kier alpha value is -1.16. The Labute approximate surface area is 96.4 Å². The summed E-state index contributed by atoms with van der Waals surface area (Å²) in [5, 5.41) is 0. The van der Waals surface area contributed by atoms with Crippen LogP contribution in [0.25, 0.3) is 0 Å². The number of sulfone groups is 1. The number of rotatable bonds is 5. The molecule has 1 aromatic carbocycles. The topological polar surface area (TPSA) is 51.2 Å². The Kier molecular flexibility index (Phi) is 4.24. The first kappa shape index (κ1) is 12.9. The second-order valence-electron chi connectivity index (χ2n) is 4.12. The van der Waals surface area contributed by atoms with E-state index in [1.165, 1.54) is 6.26 Å². The predicted octanol–water partition coefficient (Wildman–Crippen LogP) is 1.92. The van der Waals surface area contributed by atoms with Gasteiger partial charge in [0.25, 0.3) is 0 Å². The zero-order chi connectivity index (χ0) is 12.2. The molecule has 4 heteroatoms. The van der Waals surface area contributed by atoms with Crippen LogP contribution >= 0.6 is 0 Å². The van der Waals surface area contributed by atoms with Gasteiger partial charge in [0.05, 0.1) is 5.75 Å². The van der Waals surface area contributed by atoms with Crippen molar-refractivity contribution in [3.05, 3.63) is 35.4 Å². The lowest BCUT2D eigenvalue weighted by molar-refractivity contribution is -0.108. The molecule has 0 saturated heterocycles. The molecule has 1 unspecified atom stereocenters. The molecular weight excluding hydrogens is 224 g/mol. The molecule has 3 nitrogen and oxygen atoms in total. The number of hydrogen-bond donors (Lipinski definition) is 0. The summed E-state index contributed by atoms with van der Waals surface area (Å²) in [6.45, 7) is 1.95. The van der Waals surface area contributed by atoms with Crippen LogP contribution in [0.5, 0.6) is 0 Å². The van der Waals surface area contributed by atoms with Crippen LogP contribution < -0.4 is 0 Å². The van der Waals surface area contributed by atoms with Crippen LogP contribution in [-0.2, 0) is 20.4 Å². The number of carbonyl (C=O) groups is 1. The average Bonchev–Trinajstić information content (AvgIpc) is 2.16. The monoisotopic (exact) mass is 240 g/mol. The fourth-order valence-electron chi connectivity index (χ4n) is 1.57. The van der Waals surface area contributed by atoms with Crippen molar-refractivity contribution in [3.8, 4) is 0 Å². The van der Waals surface area contributed by atoms with Gasteiger partial charge in [0, 0.05) is 12.7 Å². The van der Waals surface area contributed by atoms with Crippen molar-refractivity contribution in [2.75, 3.05) is 6.26 Å². The quantitative estimate of drug-likeness (QED) is 0.739. The largest absolute Gasteiger partial charge is 0.303 e. The molecule has 0 heterocycles. The molecule has 0 fully saturated rings. The summed E-state index contributed by atoms with van der Waals surface area (Å²) >= 11 is 0. The molecule has 1 aromatic rings. The fourth-order valence-corrected chi connectivity index (χ4v) is 2.36. The minimum absolute atomic E-state index is 0.0502. The summed E-state index contributed by atoms with van der Waals surface area (Å²) in [4.78, 5) is 10.4. The zero-order valence-electron chi connectivity index (χ0n) is 9.51. The highest BCUT2D eigenvalue weighted by Gasteiger charge is 2.08. The lowest BCUT2D eigenvalue weighted by atomic mass is 9.97.